The van der Waals surface area contributed by atoms with E-state index in [9.17, 15) is 4.79 Å². The van der Waals surface area contributed by atoms with Crippen LogP contribution in [0.15, 0.2) is 47.6 Å². The number of carbonyl (C=O) groups excluding carboxylic acids is 1. The molecule has 6 heteroatoms. The van der Waals surface area contributed by atoms with E-state index in [2.05, 4.69) is 56.0 Å². The first-order chi connectivity index (χ1) is 15.9. The number of likely N-dealkylation sites (tertiary alicyclic amines) is 1. The SMILES string of the molecule is Cc1ccc(C2=NN(C(=O)CN3CCC4(CC3)OCCO4)[C@H](c3ccccc3C)C2)c(C)c1. The van der Waals surface area contributed by atoms with Gasteiger partial charge >= 0.3 is 0 Å². The van der Waals surface area contributed by atoms with Crippen LogP contribution in [0.4, 0.5) is 0 Å². The molecule has 0 radical (unpaired) electrons. The minimum atomic E-state index is -0.425. The van der Waals surface area contributed by atoms with Gasteiger partial charge in [-0.25, -0.2) is 5.01 Å². The number of ether oxygens (including phenoxy) is 2. The van der Waals surface area contributed by atoms with Gasteiger partial charge < -0.3 is 9.47 Å². The molecule has 2 aromatic rings. The summed E-state index contributed by atoms with van der Waals surface area (Å²) in [7, 11) is 0. The Morgan fingerprint density at radius 2 is 1.76 bits per heavy atom. The topological polar surface area (TPSA) is 54.4 Å². The van der Waals surface area contributed by atoms with Gasteiger partial charge in [-0.3, -0.25) is 9.69 Å². The summed E-state index contributed by atoms with van der Waals surface area (Å²) in [5.41, 5.74) is 6.90. The highest BCUT2D eigenvalue weighted by atomic mass is 16.7. The van der Waals surface area contributed by atoms with E-state index in [1.165, 1.54) is 22.3 Å². The van der Waals surface area contributed by atoms with Gasteiger partial charge in [0.25, 0.3) is 5.91 Å². The maximum Gasteiger partial charge on any atom is 0.257 e. The lowest BCUT2D eigenvalue weighted by molar-refractivity contribution is -0.186. The number of benzene rings is 2. The summed E-state index contributed by atoms with van der Waals surface area (Å²) in [5, 5.41) is 6.65. The minimum absolute atomic E-state index is 0.0484. The smallest absolute Gasteiger partial charge is 0.257 e. The standard InChI is InChI=1S/C27H33N3O3/c1-19-8-9-22(21(3)16-19)24-17-25(23-7-5-4-6-20(23)2)30(28-24)26(31)18-29-12-10-27(11-13-29)32-14-15-33-27/h4-9,16,25H,10-15,17-18H2,1-3H3/t25-/m0/s1. The zero-order chi connectivity index (χ0) is 23.0. The summed E-state index contributed by atoms with van der Waals surface area (Å²) in [6, 6.07) is 14.7. The van der Waals surface area contributed by atoms with Crippen LogP contribution in [0.2, 0.25) is 0 Å². The number of rotatable bonds is 4. The van der Waals surface area contributed by atoms with Crippen molar-refractivity contribution in [1.82, 2.24) is 9.91 Å². The first-order valence-electron chi connectivity index (χ1n) is 12.0. The molecular weight excluding hydrogens is 414 g/mol. The molecule has 3 aliphatic heterocycles. The average molecular weight is 448 g/mol. The second-order valence-corrected chi connectivity index (χ2v) is 9.56. The van der Waals surface area contributed by atoms with Crippen LogP contribution in [0.1, 0.15) is 53.1 Å². The van der Waals surface area contributed by atoms with Crippen molar-refractivity contribution >= 4 is 11.6 Å². The number of hydrazone groups is 1. The molecule has 2 fully saturated rings. The predicted octanol–water partition coefficient (Wildman–Crippen LogP) is 4.13. The van der Waals surface area contributed by atoms with Crippen molar-refractivity contribution in [3.8, 4) is 0 Å². The Bertz CT molecular complexity index is 1060. The second-order valence-electron chi connectivity index (χ2n) is 9.56. The summed E-state index contributed by atoms with van der Waals surface area (Å²) < 4.78 is 11.7. The van der Waals surface area contributed by atoms with Gasteiger partial charge in [-0.1, -0.05) is 48.0 Å². The van der Waals surface area contributed by atoms with Crippen LogP contribution in [0, 0.1) is 20.8 Å². The summed E-state index contributed by atoms with van der Waals surface area (Å²) in [5.74, 6) is -0.377. The number of carbonyl (C=O) groups is 1. The third-order valence-corrected chi connectivity index (χ3v) is 7.20. The van der Waals surface area contributed by atoms with Crippen LogP contribution < -0.4 is 0 Å². The van der Waals surface area contributed by atoms with E-state index in [-0.39, 0.29) is 11.9 Å². The highest BCUT2D eigenvalue weighted by Gasteiger charge is 2.41. The lowest BCUT2D eigenvalue weighted by Gasteiger charge is -2.37. The van der Waals surface area contributed by atoms with Gasteiger partial charge in [0, 0.05) is 37.9 Å². The van der Waals surface area contributed by atoms with Gasteiger partial charge in [-0.05, 0) is 37.5 Å². The Kier molecular flexibility index (Phi) is 6.08. The molecule has 2 aromatic carbocycles. The molecule has 0 N–H and O–H groups in total. The number of hydrogen-bond donors (Lipinski definition) is 0. The van der Waals surface area contributed by atoms with Crippen molar-refractivity contribution in [2.24, 2.45) is 5.10 Å². The van der Waals surface area contributed by atoms with Crippen molar-refractivity contribution in [3.63, 3.8) is 0 Å². The molecule has 0 aliphatic carbocycles. The van der Waals surface area contributed by atoms with Gasteiger partial charge in [-0.2, -0.15) is 5.10 Å². The van der Waals surface area contributed by atoms with E-state index in [0.717, 1.165) is 43.6 Å². The first kappa shape index (κ1) is 22.3. The van der Waals surface area contributed by atoms with E-state index < -0.39 is 5.79 Å². The van der Waals surface area contributed by atoms with E-state index in [1.54, 1.807) is 5.01 Å². The zero-order valence-corrected chi connectivity index (χ0v) is 19.8. The van der Waals surface area contributed by atoms with Crippen molar-refractivity contribution < 1.29 is 14.3 Å². The molecule has 1 amide bonds. The maximum absolute atomic E-state index is 13.6. The molecule has 0 saturated carbocycles. The van der Waals surface area contributed by atoms with Crippen LogP contribution in [0.5, 0.6) is 0 Å². The summed E-state index contributed by atoms with van der Waals surface area (Å²) in [4.78, 5) is 15.8. The van der Waals surface area contributed by atoms with E-state index in [1.807, 2.05) is 12.1 Å². The molecule has 2 saturated heterocycles. The highest BCUT2D eigenvalue weighted by Crippen LogP contribution is 2.36. The molecule has 3 aliphatic rings. The number of hydrogen-bond acceptors (Lipinski definition) is 5. The fourth-order valence-electron chi connectivity index (χ4n) is 5.34. The number of piperidine rings is 1. The van der Waals surface area contributed by atoms with Crippen LogP contribution in [-0.4, -0.2) is 60.2 Å². The third-order valence-electron chi connectivity index (χ3n) is 7.20. The fraction of sp³-hybridized carbons (Fsp3) is 0.481. The Labute approximate surface area is 196 Å². The molecular formula is C27H33N3O3. The number of amides is 1. The van der Waals surface area contributed by atoms with Crippen molar-refractivity contribution in [3.05, 3.63) is 70.3 Å². The maximum atomic E-state index is 13.6. The quantitative estimate of drug-likeness (QED) is 0.707. The zero-order valence-electron chi connectivity index (χ0n) is 19.8. The Morgan fingerprint density at radius 3 is 2.45 bits per heavy atom. The molecule has 5 rings (SSSR count). The van der Waals surface area contributed by atoms with E-state index in [0.29, 0.717) is 19.8 Å². The Hall–Kier alpha value is -2.54. The van der Waals surface area contributed by atoms with Crippen molar-refractivity contribution in [1.29, 1.82) is 0 Å². The number of aryl methyl sites for hydroxylation is 3. The molecule has 33 heavy (non-hydrogen) atoms. The summed E-state index contributed by atoms with van der Waals surface area (Å²) >= 11 is 0. The normalized spacial score (nSPS) is 22.7. The van der Waals surface area contributed by atoms with Crippen molar-refractivity contribution in [2.45, 2.75) is 51.9 Å². The van der Waals surface area contributed by atoms with Crippen molar-refractivity contribution in [2.75, 3.05) is 32.8 Å². The molecule has 1 spiro atoms. The molecule has 0 aromatic heterocycles. The third kappa shape index (κ3) is 4.47. The van der Waals surface area contributed by atoms with Crippen LogP contribution >= 0.6 is 0 Å². The van der Waals surface area contributed by atoms with Gasteiger partial charge in [0.2, 0.25) is 0 Å². The van der Waals surface area contributed by atoms with Crippen LogP contribution in [-0.2, 0) is 14.3 Å². The van der Waals surface area contributed by atoms with Gasteiger partial charge in [0.05, 0.1) is 31.5 Å². The monoisotopic (exact) mass is 447 g/mol. The molecule has 174 valence electrons. The molecule has 3 heterocycles. The molecule has 6 nitrogen and oxygen atoms in total. The number of nitrogens with zero attached hydrogens (tertiary/aromatic N) is 3. The lowest BCUT2D eigenvalue weighted by atomic mass is 9.93. The van der Waals surface area contributed by atoms with Gasteiger partial charge in [0.15, 0.2) is 5.79 Å². The van der Waals surface area contributed by atoms with Gasteiger partial charge in [0.1, 0.15) is 0 Å². The predicted molar refractivity (Wildman–Crippen MR) is 128 cm³/mol. The Morgan fingerprint density at radius 1 is 1.03 bits per heavy atom. The highest BCUT2D eigenvalue weighted by molar-refractivity contribution is 6.04. The van der Waals surface area contributed by atoms with E-state index >= 15 is 0 Å². The largest absolute Gasteiger partial charge is 0.347 e. The molecule has 1 atom stereocenters. The summed E-state index contributed by atoms with van der Waals surface area (Å²) in [6.07, 6.45) is 2.34. The fourth-order valence-corrected chi connectivity index (χ4v) is 5.34. The van der Waals surface area contributed by atoms with Crippen LogP contribution in [0.3, 0.4) is 0 Å². The van der Waals surface area contributed by atoms with Crippen LogP contribution in [0.25, 0.3) is 0 Å². The lowest BCUT2D eigenvalue weighted by Crippen LogP contribution is -2.48. The second kappa shape index (κ2) is 9.01. The first-order valence-corrected chi connectivity index (χ1v) is 12.0. The van der Waals surface area contributed by atoms with E-state index in [4.69, 9.17) is 14.6 Å². The molecule has 0 unspecified atom stereocenters. The minimum Gasteiger partial charge on any atom is -0.347 e. The summed E-state index contributed by atoms with van der Waals surface area (Å²) in [6.45, 7) is 9.62. The Balaban J connectivity index is 1.37. The van der Waals surface area contributed by atoms with Gasteiger partial charge in [-0.15, -0.1) is 0 Å². The average Bonchev–Trinajstić information content (AvgIpc) is 3.44. The molecule has 0 bridgehead atoms.